The lowest BCUT2D eigenvalue weighted by Gasteiger charge is -2.43. The van der Waals surface area contributed by atoms with Gasteiger partial charge in [-0.3, -0.25) is 10.1 Å². The van der Waals surface area contributed by atoms with Crippen LogP contribution in [0.15, 0.2) is 18.2 Å². The van der Waals surface area contributed by atoms with E-state index in [9.17, 15) is 14.5 Å². The molecule has 2 atom stereocenters. The smallest absolute Gasteiger partial charge is 0.292 e. The summed E-state index contributed by atoms with van der Waals surface area (Å²) in [5, 5.41) is 14.2. The summed E-state index contributed by atoms with van der Waals surface area (Å²) in [7, 11) is 0. The van der Waals surface area contributed by atoms with Gasteiger partial charge in [-0.05, 0) is 24.8 Å². The predicted octanol–water partition coefficient (Wildman–Crippen LogP) is 3.05. The Kier molecular flexibility index (Phi) is 4.23. The minimum absolute atomic E-state index is 0.114. The molecule has 1 aromatic carbocycles. The third-order valence-corrected chi connectivity index (χ3v) is 4.36. The van der Waals surface area contributed by atoms with Crippen LogP contribution in [0.25, 0.3) is 0 Å². The second kappa shape index (κ2) is 5.75. The highest BCUT2D eigenvalue weighted by atomic mass is 19.1. The van der Waals surface area contributed by atoms with Gasteiger partial charge in [-0.2, -0.15) is 0 Å². The largest absolute Gasteiger partial charge is 0.372 e. The zero-order valence-electron chi connectivity index (χ0n) is 11.6. The summed E-state index contributed by atoms with van der Waals surface area (Å²) in [6.07, 6.45) is 4.03. The van der Waals surface area contributed by atoms with Crippen LogP contribution in [0.3, 0.4) is 0 Å². The summed E-state index contributed by atoms with van der Waals surface area (Å²) in [6.45, 7) is 2.46. The van der Waals surface area contributed by atoms with Crippen LogP contribution in [-0.4, -0.2) is 17.0 Å². The standard InChI is InChI=1S/C14H20FN3O2/c1-10-4-2-3-7-14(10,9-16)17-12-8-11(15)5-6-13(12)18(19)20/h5-6,8,10,17H,2-4,7,9,16H2,1H3. The number of rotatable bonds is 4. The van der Waals surface area contributed by atoms with Crippen LogP contribution < -0.4 is 11.1 Å². The van der Waals surface area contributed by atoms with Gasteiger partial charge in [0.2, 0.25) is 0 Å². The van der Waals surface area contributed by atoms with E-state index in [0.717, 1.165) is 31.7 Å². The van der Waals surface area contributed by atoms with Gasteiger partial charge in [-0.1, -0.05) is 19.8 Å². The van der Waals surface area contributed by atoms with Crippen LogP contribution in [0.5, 0.6) is 0 Å². The third kappa shape index (κ3) is 2.75. The highest BCUT2D eigenvalue weighted by Gasteiger charge is 2.38. The molecule has 0 saturated heterocycles. The lowest BCUT2D eigenvalue weighted by atomic mass is 9.73. The number of nitrogens with one attached hydrogen (secondary N) is 1. The van der Waals surface area contributed by atoms with Gasteiger partial charge >= 0.3 is 0 Å². The van der Waals surface area contributed by atoms with Crippen LogP contribution in [-0.2, 0) is 0 Å². The molecule has 1 saturated carbocycles. The first-order valence-electron chi connectivity index (χ1n) is 6.91. The van der Waals surface area contributed by atoms with Gasteiger partial charge in [0.15, 0.2) is 0 Å². The molecule has 0 spiro atoms. The molecule has 6 heteroatoms. The number of nitrogens with zero attached hydrogens (tertiary/aromatic N) is 1. The zero-order chi connectivity index (χ0) is 14.8. The number of hydrogen-bond acceptors (Lipinski definition) is 4. The Balaban J connectivity index is 2.36. The van der Waals surface area contributed by atoms with Crippen LogP contribution in [0.2, 0.25) is 0 Å². The van der Waals surface area contributed by atoms with E-state index in [2.05, 4.69) is 12.2 Å². The van der Waals surface area contributed by atoms with E-state index in [1.54, 1.807) is 0 Å². The molecule has 110 valence electrons. The fourth-order valence-electron chi connectivity index (χ4n) is 2.99. The molecule has 0 heterocycles. The summed E-state index contributed by atoms with van der Waals surface area (Å²) in [5.41, 5.74) is 5.63. The quantitative estimate of drug-likeness (QED) is 0.656. The fraction of sp³-hybridized carbons (Fsp3) is 0.571. The van der Waals surface area contributed by atoms with Crippen molar-refractivity contribution in [2.45, 2.75) is 38.1 Å². The first-order valence-corrected chi connectivity index (χ1v) is 6.91. The molecular weight excluding hydrogens is 261 g/mol. The van der Waals surface area contributed by atoms with Crippen LogP contribution in [0.4, 0.5) is 15.8 Å². The number of halogens is 1. The molecule has 0 aromatic heterocycles. The van der Waals surface area contributed by atoms with Gasteiger partial charge < -0.3 is 11.1 Å². The van der Waals surface area contributed by atoms with E-state index < -0.39 is 16.3 Å². The Bertz CT molecular complexity index is 509. The van der Waals surface area contributed by atoms with Gasteiger partial charge in [0.25, 0.3) is 5.69 Å². The van der Waals surface area contributed by atoms with Gasteiger partial charge in [-0.25, -0.2) is 4.39 Å². The predicted molar refractivity (Wildman–Crippen MR) is 76.1 cm³/mol. The van der Waals surface area contributed by atoms with Crippen molar-refractivity contribution in [3.05, 3.63) is 34.1 Å². The lowest BCUT2D eigenvalue weighted by Crippen LogP contribution is -2.52. The highest BCUT2D eigenvalue weighted by molar-refractivity contribution is 5.63. The topological polar surface area (TPSA) is 81.2 Å². The van der Waals surface area contributed by atoms with Crippen LogP contribution in [0, 0.1) is 21.8 Å². The van der Waals surface area contributed by atoms with E-state index in [-0.39, 0.29) is 11.4 Å². The molecule has 1 fully saturated rings. The van der Waals surface area contributed by atoms with Crippen molar-refractivity contribution in [3.63, 3.8) is 0 Å². The lowest BCUT2D eigenvalue weighted by molar-refractivity contribution is -0.384. The van der Waals surface area contributed by atoms with E-state index in [4.69, 9.17) is 5.73 Å². The molecule has 1 aliphatic carbocycles. The number of nitrogens with two attached hydrogens (primary N) is 1. The molecule has 1 aliphatic rings. The molecule has 0 bridgehead atoms. The summed E-state index contributed by atoms with van der Waals surface area (Å²) in [6, 6.07) is 3.47. The van der Waals surface area contributed by atoms with Crippen molar-refractivity contribution < 1.29 is 9.31 Å². The molecule has 3 N–H and O–H groups in total. The molecule has 2 unspecified atom stereocenters. The Morgan fingerprint density at radius 2 is 2.30 bits per heavy atom. The fourth-order valence-corrected chi connectivity index (χ4v) is 2.99. The maximum atomic E-state index is 13.4. The van der Waals surface area contributed by atoms with Crippen LogP contribution >= 0.6 is 0 Å². The average Bonchev–Trinajstić information content (AvgIpc) is 2.41. The Labute approximate surface area is 117 Å². The second-order valence-corrected chi connectivity index (χ2v) is 5.55. The van der Waals surface area contributed by atoms with Gasteiger partial charge in [0, 0.05) is 18.7 Å². The summed E-state index contributed by atoms with van der Waals surface area (Å²) in [4.78, 5) is 10.6. The molecule has 5 nitrogen and oxygen atoms in total. The van der Waals surface area contributed by atoms with Crippen molar-refractivity contribution >= 4 is 11.4 Å². The minimum Gasteiger partial charge on any atom is -0.372 e. The molecule has 0 amide bonds. The van der Waals surface area contributed by atoms with Crippen molar-refractivity contribution in [1.82, 2.24) is 0 Å². The number of hydrogen-bond donors (Lipinski definition) is 2. The first kappa shape index (κ1) is 14.7. The van der Waals surface area contributed by atoms with Crippen molar-refractivity contribution in [2.75, 3.05) is 11.9 Å². The normalized spacial score (nSPS) is 26.2. The number of benzene rings is 1. The van der Waals surface area contributed by atoms with Crippen molar-refractivity contribution in [2.24, 2.45) is 11.7 Å². The zero-order valence-corrected chi connectivity index (χ0v) is 11.6. The Morgan fingerprint density at radius 3 is 2.90 bits per heavy atom. The second-order valence-electron chi connectivity index (χ2n) is 5.55. The molecule has 0 aliphatic heterocycles. The third-order valence-electron chi connectivity index (χ3n) is 4.36. The van der Waals surface area contributed by atoms with Gasteiger partial charge in [0.05, 0.1) is 10.5 Å². The van der Waals surface area contributed by atoms with E-state index in [0.29, 0.717) is 12.5 Å². The maximum absolute atomic E-state index is 13.4. The Morgan fingerprint density at radius 1 is 1.55 bits per heavy atom. The summed E-state index contributed by atoms with van der Waals surface area (Å²) < 4.78 is 13.4. The maximum Gasteiger partial charge on any atom is 0.292 e. The molecule has 0 radical (unpaired) electrons. The molecule has 1 aromatic rings. The van der Waals surface area contributed by atoms with Crippen molar-refractivity contribution in [1.29, 1.82) is 0 Å². The number of nitro benzene ring substituents is 1. The minimum atomic E-state index is -0.501. The summed E-state index contributed by atoms with van der Waals surface area (Å²) >= 11 is 0. The van der Waals surface area contributed by atoms with Crippen molar-refractivity contribution in [3.8, 4) is 0 Å². The SMILES string of the molecule is CC1CCCCC1(CN)Nc1cc(F)ccc1[N+](=O)[O-]. The molecule has 20 heavy (non-hydrogen) atoms. The first-order chi connectivity index (χ1) is 9.48. The average molecular weight is 281 g/mol. The van der Waals surface area contributed by atoms with E-state index in [1.807, 2.05) is 0 Å². The summed E-state index contributed by atoms with van der Waals surface area (Å²) in [5.74, 6) is -0.196. The molecule has 2 rings (SSSR count). The monoisotopic (exact) mass is 281 g/mol. The van der Waals surface area contributed by atoms with E-state index >= 15 is 0 Å². The number of nitro groups is 1. The molecular formula is C14H20FN3O2. The Hall–Kier alpha value is -1.69. The van der Waals surface area contributed by atoms with Gasteiger partial charge in [-0.15, -0.1) is 0 Å². The number of anilines is 1. The highest BCUT2D eigenvalue weighted by Crippen LogP contribution is 2.38. The van der Waals surface area contributed by atoms with E-state index in [1.165, 1.54) is 12.1 Å². The van der Waals surface area contributed by atoms with Crippen LogP contribution in [0.1, 0.15) is 32.6 Å². The van der Waals surface area contributed by atoms with Gasteiger partial charge in [0.1, 0.15) is 11.5 Å².